The van der Waals surface area contributed by atoms with E-state index in [1.54, 1.807) is 18.2 Å². The molecule has 0 saturated heterocycles. The summed E-state index contributed by atoms with van der Waals surface area (Å²) in [7, 11) is 0. The number of halogens is 3. The van der Waals surface area contributed by atoms with Crippen LogP contribution >= 0.6 is 34.8 Å². The predicted octanol–water partition coefficient (Wildman–Crippen LogP) is 3.63. The van der Waals surface area contributed by atoms with Gasteiger partial charge in [0.15, 0.2) is 0 Å². The van der Waals surface area contributed by atoms with Crippen molar-refractivity contribution in [1.82, 2.24) is 0 Å². The van der Waals surface area contributed by atoms with Crippen LogP contribution in [0.25, 0.3) is 0 Å². The monoisotopic (exact) mass is 268 g/mol. The molecule has 0 aromatic heterocycles. The van der Waals surface area contributed by atoms with Crippen molar-refractivity contribution in [3.8, 4) is 5.75 Å². The minimum absolute atomic E-state index is 0.427. The smallest absolute Gasteiger partial charge is 0.139 e. The van der Waals surface area contributed by atoms with E-state index >= 15 is 0 Å². The Morgan fingerprint density at radius 3 is 2.60 bits per heavy atom. The zero-order valence-corrected chi connectivity index (χ0v) is 10.3. The van der Waals surface area contributed by atoms with Crippen LogP contribution in [-0.2, 0) is 4.74 Å². The van der Waals surface area contributed by atoms with Crippen LogP contribution in [0.5, 0.6) is 5.75 Å². The highest BCUT2D eigenvalue weighted by Crippen LogP contribution is 2.31. The van der Waals surface area contributed by atoms with Gasteiger partial charge in [-0.25, -0.2) is 0 Å². The van der Waals surface area contributed by atoms with Gasteiger partial charge >= 0.3 is 0 Å². The molecule has 0 spiro atoms. The second-order valence-electron chi connectivity index (χ2n) is 2.70. The quantitative estimate of drug-likeness (QED) is 0.580. The first kappa shape index (κ1) is 12.9. The number of alkyl halides is 1. The molecule has 15 heavy (non-hydrogen) atoms. The van der Waals surface area contributed by atoms with Crippen LogP contribution < -0.4 is 4.74 Å². The lowest BCUT2D eigenvalue weighted by Gasteiger charge is -2.08. The van der Waals surface area contributed by atoms with Crippen molar-refractivity contribution < 1.29 is 9.47 Å². The van der Waals surface area contributed by atoms with E-state index in [0.29, 0.717) is 41.5 Å². The SMILES string of the molecule is ClCCOCCOc1cccc(Cl)c1Cl. The van der Waals surface area contributed by atoms with Crippen LogP contribution in [0.4, 0.5) is 0 Å². The molecule has 0 aliphatic carbocycles. The molecule has 0 bridgehead atoms. The van der Waals surface area contributed by atoms with Gasteiger partial charge in [0, 0.05) is 5.88 Å². The van der Waals surface area contributed by atoms with E-state index in [1.807, 2.05) is 0 Å². The first-order valence-corrected chi connectivity index (χ1v) is 5.75. The lowest BCUT2D eigenvalue weighted by Crippen LogP contribution is -2.08. The van der Waals surface area contributed by atoms with E-state index in [4.69, 9.17) is 44.3 Å². The van der Waals surface area contributed by atoms with Crippen LogP contribution in [-0.4, -0.2) is 25.7 Å². The molecule has 1 aromatic rings. The molecule has 0 atom stereocenters. The van der Waals surface area contributed by atoms with Gasteiger partial charge in [-0.05, 0) is 12.1 Å². The van der Waals surface area contributed by atoms with Gasteiger partial charge in [0.2, 0.25) is 0 Å². The molecule has 0 aliphatic heterocycles. The normalized spacial score (nSPS) is 10.3. The number of hydrogen-bond acceptors (Lipinski definition) is 2. The first-order chi connectivity index (χ1) is 7.25. The van der Waals surface area contributed by atoms with Crippen LogP contribution in [0.2, 0.25) is 10.0 Å². The molecule has 2 nitrogen and oxygen atoms in total. The highest BCUT2D eigenvalue weighted by atomic mass is 35.5. The summed E-state index contributed by atoms with van der Waals surface area (Å²) in [6.45, 7) is 1.43. The molecule has 0 saturated carbocycles. The molecule has 0 amide bonds. The Labute approximate surface area is 104 Å². The third-order valence-electron chi connectivity index (χ3n) is 1.62. The molecule has 0 unspecified atom stereocenters. The zero-order chi connectivity index (χ0) is 11.1. The highest BCUT2D eigenvalue weighted by molar-refractivity contribution is 6.42. The Balaban J connectivity index is 2.34. The van der Waals surface area contributed by atoms with Crippen LogP contribution in [0.15, 0.2) is 18.2 Å². The molecule has 5 heteroatoms. The van der Waals surface area contributed by atoms with Crippen molar-refractivity contribution in [3.05, 3.63) is 28.2 Å². The van der Waals surface area contributed by atoms with Crippen LogP contribution in [0, 0.1) is 0 Å². The molecule has 1 aromatic carbocycles. The number of ether oxygens (including phenoxy) is 2. The standard InChI is InChI=1S/C10H11Cl3O2/c11-4-5-14-6-7-15-9-3-1-2-8(12)10(9)13/h1-3H,4-7H2. The van der Waals surface area contributed by atoms with Gasteiger partial charge in [-0.1, -0.05) is 29.3 Å². The molecule has 84 valence electrons. The summed E-state index contributed by atoms with van der Waals surface area (Å²) in [5, 5.41) is 0.910. The lowest BCUT2D eigenvalue weighted by molar-refractivity contribution is 0.111. The molecular formula is C10H11Cl3O2. The fraction of sp³-hybridized carbons (Fsp3) is 0.400. The van der Waals surface area contributed by atoms with Crippen molar-refractivity contribution in [3.63, 3.8) is 0 Å². The van der Waals surface area contributed by atoms with E-state index in [1.165, 1.54) is 0 Å². The van der Waals surface area contributed by atoms with Crippen molar-refractivity contribution in [2.45, 2.75) is 0 Å². The topological polar surface area (TPSA) is 18.5 Å². The third-order valence-corrected chi connectivity index (χ3v) is 2.58. The van der Waals surface area contributed by atoms with Crippen LogP contribution in [0.3, 0.4) is 0 Å². The maximum atomic E-state index is 5.91. The van der Waals surface area contributed by atoms with Gasteiger partial charge in [-0.2, -0.15) is 0 Å². The number of benzene rings is 1. The molecule has 0 fully saturated rings. The maximum absolute atomic E-state index is 5.91. The Bertz CT molecular complexity index is 305. The molecule has 0 aliphatic rings. The minimum atomic E-state index is 0.427. The van der Waals surface area contributed by atoms with E-state index in [-0.39, 0.29) is 0 Å². The van der Waals surface area contributed by atoms with Gasteiger partial charge in [0.1, 0.15) is 17.4 Å². The van der Waals surface area contributed by atoms with Gasteiger partial charge in [-0.15, -0.1) is 11.6 Å². The van der Waals surface area contributed by atoms with Gasteiger partial charge in [0.05, 0.1) is 18.2 Å². The Hall–Kier alpha value is -0.150. The first-order valence-electron chi connectivity index (χ1n) is 4.46. The van der Waals surface area contributed by atoms with E-state index in [9.17, 15) is 0 Å². The molecule has 0 heterocycles. The summed E-state index contributed by atoms with van der Waals surface area (Å²) in [5.41, 5.74) is 0. The molecule has 0 N–H and O–H groups in total. The average molecular weight is 270 g/mol. The molecule has 0 radical (unpaired) electrons. The largest absolute Gasteiger partial charge is 0.490 e. The van der Waals surface area contributed by atoms with Crippen molar-refractivity contribution in [1.29, 1.82) is 0 Å². The lowest BCUT2D eigenvalue weighted by atomic mass is 10.3. The Kier molecular flexibility index (Phi) is 6.18. The van der Waals surface area contributed by atoms with Gasteiger partial charge in [-0.3, -0.25) is 0 Å². The Morgan fingerprint density at radius 1 is 1.07 bits per heavy atom. The summed E-state index contributed by atoms with van der Waals surface area (Å²) < 4.78 is 10.5. The summed E-state index contributed by atoms with van der Waals surface area (Å²) in [6.07, 6.45) is 0. The Morgan fingerprint density at radius 2 is 1.87 bits per heavy atom. The van der Waals surface area contributed by atoms with E-state index in [0.717, 1.165) is 0 Å². The summed E-state index contributed by atoms with van der Waals surface area (Å²) in [4.78, 5) is 0. The molecule has 1 rings (SSSR count). The summed E-state index contributed by atoms with van der Waals surface area (Å²) in [5.74, 6) is 1.05. The summed E-state index contributed by atoms with van der Waals surface area (Å²) >= 11 is 17.2. The summed E-state index contributed by atoms with van der Waals surface area (Å²) in [6, 6.07) is 5.25. The fourth-order valence-electron chi connectivity index (χ4n) is 0.963. The zero-order valence-electron chi connectivity index (χ0n) is 8.01. The van der Waals surface area contributed by atoms with E-state index in [2.05, 4.69) is 0 Å². The van der Waals surface area contributed by atoms with Crippen LogP contribution in [0.1, 0.15) is 0 Å². The second kappa shape index (κ2) is 7.18. The highest BCUT2D eigenvalue weighted by Gasteiger charge is 2.04. The van der Waals surface area contributed by atoms with Crippen molar-refractivity contribution in [2.75, 3.05) is 25.7 Å². The minimum Gasteiger partial charge on any atom is -0.490 e. The van der Waals surface area contributed by atoms with Gasteiger partial charge < -0.3 is 9.47 Å². The third kappa shape index (κ3) is 4.47. The fourth-order valence-corrected chi connectivity index (χ4v) is 1.42. The predicted molar refractivity (Wildman–Crippen MR) is 63.5 cm³/mol. The average Bonchev–Trinajstić information content (AvgIpc) is 2.24. The second-order valence-corrected chi connectivity index (χ2v) is 3.86. The molecular weight excluding hydrogens is 258 g/mol. The number of rotatable bonds is 6. The maximum Gasteiger partial charge on any atom is 0.139 e. The van der Waals surface area contributed by atoms with Crippen molar-refractivity contribution in [2.24, 2.45) is 0 Å². The van der Waals surface area contributed by atoms with E-state index < -0.39 is 0 Å². The number of hydrogen-bond donors (Lipinski definition) is 0. The van der Waals surface area contributed by atoms with Crippen molar-refractivity contribution >= 4 is 34.8 Å². The van der Waals surface area contributed by atoms with Gasteiger partial charge in [0.25, 0.3) is 0 Å².